The lowest BCUT2D eigenvalue weighted by molar-refractivity contribution is 0.583. The molecule has 0 aromatic heterocycles. The van der Waals surface area contributed by atoms with Gasteiger partial charge >= 0.3 is 0 Å². The maximum atomic E-state index is 3.94. The third-order valence-electron chi connectivity index (χ3n) is 5.61. The van der Waals surface area contributed by atoms with Gasteiger partial charge in [0.2, 0.25) is 0 Å². The molecule has 0 aliphatic heterocycles. The maximum Gasteiger partial charge on any atom is 0.0295 e. The Kier molecular flexibility index (Phi) is 3.54. The van der Waals surface area contributed by atoms with Gasteiger partial charge in [0.25, 0.3) is 0 Å². The van der Waals surface area contributed by atoms with Crippen molar-refractivity contribution in [2.45, 2.75) is 38.5 Å². The third kappa shape index (κ3) is 1.96. The Morgan fingerprint density at radius 3 is 1.25 bits per heavy atom. The van der Waals surface area contributed by atoms with E-state index in [4.69, 9.17) is 0 Å². The molecule has 0 amide bonds. The quantitative estimate of drug-likeness (QED) is 0.437. The van der Waals surface area contributed by atoms with Crippen molar-refractivity contribution >= 4 is 40.8 Å². The average molecular weight is 444 g/mol. The Morgan fingerprint density at radius 2 is 0.917 bits per heavy atom. The van der Waals surface area contributed by atoms with E-state index in [0.717, 1.165) is 0 Å². The summed E-state index contributed by atoms with van der Waals surface area (Å²) in [6.45, 7) is 9.34. The predicted octanol–water partition coefficient (Wildman–Crippen LogP) is 7.18. The van der Waals surface area contributed by atoms with E-state index in [1.165, 1.54) is 42.4 Å². The zero-order chi connectivity index (χ0) is 17.3. The second-order valence-corrected chi connectivity index (χ2v) is 9.31. The van der Waals surface area contributed by atoms with Crippen molar-refractivity contribution in [3.63, 3.8) is 0 Å². The van der Waals surface area contributed by atoms with Crippen LogP contribution in [0.15, 0.2) is 59.7 Å². The fraction of sp³-hybridized carbons (Fsp3) is 0.273. The van der Waals surface area contributed by atoms with Crippen molar-refractivity contribution in [2.24, 2.45) is 0 Å². The minimum atomic E-state index is -0.0247. The number of hydrogen-bond acceptors (Lipinski definition) is 0. The number of halogens is 2. The summed E-state index contributed by atoms with van der Waals surface area (Å²) in [5.41, 5.74) is 8.17. The molecule has 0 saturated carbocycles. The molecule has 0 saturated heterocycles. The highest BCUT2D eigenvalue weighted by atomic mass is 79.9. The van der Waals surface area contributed by atoms with Gasteiger partial charge in [-0.1, -0.05) is 76.2 Å². The molecule has 0 unspecified atom stereocenters. The van der Waals surface area contributed by atoms with Crippen LogP contribution in [0, 0.1) is 0 Å². The summed E-state index contributed by atoms with van der Waals surface area (Å²) >= 11 is 7.88. The van der Waals surface area contributed by atoms with Crippen LogP contribution in [-0.4, -0.2) is 0 Å². The van der Waals surface area contributed by atoms with Gasteiger partial charge in [-0.05, 0) is 65.3 Å². The van der Waals surface area contributed by atoms with Crippen molar-refractivity contribution in [3.05, 3.63) is 81.9 Å². The molecule has 2 aliphatic carbocycles. The van der Waals surface area contributed by atoms with Crippen molar-refractivity contribution in [1.82, 2.24) is 0 Å². The van der Waals surface area contributed by atoms with Crippen LogP contribution in [0.1, 0.15) is 49.9 Å². The van der Waals surface area contributed by atoms with Gasteiger partial charge in [0.05, 0.1) is 0 Å². The van der Waals surface area contributed by atoms with E-state index >= 15 is 0 Å². The number of fused-ring (bicyclic) bond motifs is 2. The second-order valence-electron chi connectivity index (χ2n) is 7.72. The van der Waals surface area contributed by atoms with E-state index < -0.39 is 0 Å². The monoisotopic (exact) mass is 442 g/mol. The standard InChI is InChI=1S/C22H20Br2/c1-21(2)15-11-7-5-9-13(15)19(23)17(21)18-20(24)14-10-6-8-12-16(14)22(18,3)4/h5-12H,1-4H3. The Bertz CT molecular complexity index is 849. The molecule has 0 radical (unpaired) electrons. The van der Waals surface area contributed by atoms with E-state index in [0.29, 0.717) is 0 Å². The maximum absolute atomic E-state index is 3.94. The molecular formula is C22H20Br2. The highest BCUT2D eigenvalue weighted by Crippen LogP contribution is 2.60. The van der Waals surface area contributed by atoms with Crippen molar-refractivity contribution < 1.29 is 0 Å². The number of hydrogen-bond donors (Lipinski definition) is 0. The van der Waals surface area contributed by atoms with Crippen LogP contribution in [0.2, 0.25) is 0 Å². The lowest BCUT2D eigenvalue weighted by atomic mass is 9.70. The average Bonchev–Trinajstić information content (AvgIpc) is 2.88. The molecule has 0 nitrogen and oxygen atoms in total. The Balaban J connectivity index is 2.02. The smallest absolute Gasteiger partial charge is 0.0295 e. The molecule has 2 aromatic rings. The van der Waals surface area contributed by atoms with Gasteiger partial charge in [-0.3, -0.25) is 0 Å². The van der Waals surface area contributed by atoms with Crippen LogP contribution in [0.5, 0.6) is 0 Å². The molecule has 2 heteroatoms. The van der Waals surface area contributed by atoms with E-state index in [9.17, 15) is 0 Å². The first-order valence-electron chi connectivity index (χ1n) is 8.28. The van der Waals surface area contributed by atoms with Crippen LogP contribution in [0.3, 0.4) is 0 Å². The number of benzene rings is 2. The summed E-state index contributed by atoms with van der Waals surface area (Å²) in [6.07, 6.45) is 0. The molecule has 24 heavy (non-hydrogen) atoms. The van der Waals surface area contributed by atoms with Gasteiger partial charge in [0.1, 0.15) is 0 Å². The van der Waals surface area contributed by atoms with E-state index in [2.05, 4.69) is 108 Å². The number of rotatable bonds is 1. The fourth-order valence-electron chi connectivity index (χ4n) is 4.37. The summed E-state index contributed by atoms with van der Waals surface area (Å²) < 4.78 is 2.46. The SMILES string of the molecule is CC1(C)C(C2=C(Br)c3ccccc3C2(C)C)=C(Br)c2ccccc21. The molecule has 0 heterocycles. The lowest BCUT2D eigenvalue weighted by Crippen LogP contribution is -2.26. The van der Waals surface area contributed by atoms with Gasteiger partial charge in [0, 0.05) is 19.8 Å². The predicted molar refractivity (Wildman–Crippen MR) is 111 cm³/mol. The van der Waals surface area contributed by atoms with Gasteiger partial charge in [0.15, 0.2) is 0 Å². The molecule has 2 aliphatic rings. The van der Waals surface area contributed by atoms with Crippen LogP contribution >= 0.6 is 31.9 Å². The van der Waals surface area contributed by atoms with Crippen molar-refractivity contribution in [3.8, 4) is 0 Å². The van der Waals surface area contributed by atoms with Crippen molar-refractivity contribution in [2.75, 3.05) is 0 Å². The van der Waals surface area contributed by atoms with Gasteiger partial charge < -0.3 is 0 Å². The fourth-order valence-corrected chi connectivity index (χ4v) is 6.45. The minimum absolute atomic E-state index is 0.0247. The first-order valence-corrected chi connectivity index (χ1v) is 9.87. The summed E-state index contributed by atoms with van der Waals surface area (Å²) in [5.74, 6) is 0. The highest BCUT2D eigenvalue weighted by Gasteiger charge is 2.46. The molecule has 0 fully saturated rings. The van der Waals surface area contributed by atoms with Crippen LogP contribution in [-0.2, 0) is 10.8 Å². The molecular weight excluding hydrogens is 424 g/mol. The molecule has 4 rings (SSSR count). The summed E-state index contributed by atoms with van der Waals surface area (Å²) in [6, 6.07) is 17.5. The zero-order valence-electron chi connectivity index (χ0n) is 14.4. The lowest BCUT2D eigenvalue weighted by Gasteiger charge is -2.33. The normalized spacial score (nSPS) is 20.4. The molecule has 0 bridgehead atoms. The van der Waals surface area contributed by atoms with E-state index in [1.807, 2.05) is 0 Å². The first-order chi connectivity index (χ1) is 11.3. The Morgan fingerprint density at radius 1 is 0.583 bits per heavy atom. The molecule has 122 valence electrons. The number of allylic oxidation sites excluding steroid dienone is 2. The van der Waals surface area contributed by atoms with Crippen molar-refractivity contribution in [1.29, 1.82) is 0 Å². The Hall–Kier alpha value is -1.12. The summed E-state index contributed by atoms with van der Waals surface area (Å²) in [4.78, 5) is 0. The van der Waals surface area contributed by atoms with Gasteiger partial charge in [-0.2, -0.15) is 0 Å². The molecule has 0 atom stereocenters. The van der Waals surface area contributed by atoms with Crippen LogP contribution in [0.4, 0.5) is 0 Å². The topological polar surface area (TPSA) is 0 Å². The van der Waals surface area contributed by atoms with E-state index in [-0.39, 0.29) is 10.8 Å². The van der Waals surface area contributed by atoms with Gasteiger partial charge in [-0.15, -0.1) is 0 Å². The van der Waals surface area contributed by atoms with Crippen LogP contribution in [0.25, 0.3) is 8.96 Å². The third-order valence-corrected chi connectivity index (χ3v) is 7.26. The molecule has 2 aromatic carbocycles. The minimum Gasteiger partial charge on any atom is -0.0619 e. The summed E-state index contributed by atoms with van der Waals surface area (Å²) in [7, 11) is 0. The largest absolute Gasteiger partial charge is 0.0619 e. The molecule has 0 spiro atoms. The van der Waals surface area contributed by atoms with Gasteiger partial charge in [-0.25, -0.2) is 0 Å². The summed E-state index contributed by atoms with van der Waals surface area (Å²) in [5, 5.41) is 0. The second kappa shape index (κ2) is 5.19. The zero-order valence-corrected chi connectivity index (χ0v) is 17.5. The highest BCUT2D eigenvalue weighted by molar-refractivity contribution is 9.15. The Labute approximate surface area is 160 Å². The van der Waals surface area contributed by atoms with E-state index in [1.54, 1.807) is 0 Å². The van der Waals surface area contributed by atoms with Crippen LogP contribution < -0.4 is 0 Å². The molecule has 0 N–H and O–H groups in total. The first kappa shape index (κ1) is 16.4.